The van der Waals surface area contributed by atoms with Gasteiger partial charge in [0.25, 0.3) is 0 Å². The van der Waals surface area contributed by atoms with Gasteiger partial charge in [-0.2, -0.15) is 0 Å². The summed E-state index contributed by atoms with van der Waals surface area (Å²) in [6.07, 6.45) is 3.74. The van der Waals surface area contributed by atoms with E-state index in [1.54, 1.807) is 0 Å². The SMILES string of the molecule is CC(C)c1ccnc(-c2[c-]ccc3c2oc2c3ccc3c2nc(-c2ccccc2)n3-c2ccccc2)c1.Cc1ccc(-c2[c-]cccc2)nc1.[Ir]. The molecule has 5 nitrogen and oxygen atoms in total. The fourth-order valence-electron chi connectivity index (χ4n) is 6.27. The average Bonchev–Trinajstić information content (AvgIpc) is 3.76. The molecule has 4 heterocycles. The Labute approximate surface area is 311 Å². The van der Waals surface area contributed by atoms with E-state index in [4.69, 9.17) is 9.40 Å². The van der Waals surface area contributed by atoms with Gasteiger partial charge in [-0.25, -0.2) is 4.98 Å². The molecule has 4 aromatic heterocycles. The minimum Gasteiger partial charge on any atom is -0.498 e. The smallest absolute Gasteiger partial charge is 0.148 e. The van der Waals surface area contributed by atoms with Crippen molar-refractivity contribution in [3.05, 3.63) is 169 Å². The predicted molar refractivity (Wildman–Crippen MR) is 203 cm³/mol. The maximum atomic E-state index is 6.64. The standard InChI is InChI=1S/C33H24N3O.C12H10N.Ir/c1-21(2)23-18-19-34-28(20-23)27-15-9-14-25-26-16-17-29-30(32(26)37-31(25)27)35-33(22-10-5-3-6-11-22)36(29)24-12-7-4-8-13-24;1-10-7-8-12(13-9-10)11-5-3-2-4-6-11;/h3-14,16-21H,1-2H3;2-5,7-9H,1H3;/q2*-1;. The van der Waals surface area contributed by atoms with E-state index in [-0.39, 0.29) is 20.1 Å². The van der Waals surface area contributed by atoms with Crippen molar-refractivity contribution in [1.82, 2.24) is 19.5 Å². The van der Waals surface area contributed by atoms with E-state index in [2.05, 4.69) is 113 Å². The Hall–Kier alpha value is -5.68. The van der Waals surface area contributed by atoms with Gasteiger partial charge in [0.1, 0.15) is 16.9 Å². The van der Waals surface area contributed by atoms with Crippen LogP contribution in [0, 0.1) is 19.1 Å². The van der Waals surface area contributed by atoms with Crippen LogP contribution in [0.5, 0.6) is 0 Å². The Morgan fingerprint density at radius 3 is 2.18 bits per heavy atom. The van der Waals surface area contributed by atoms with E-state index < -0.39 is 0 Å². The van der Waals surface area contributed by atoms with E-state index in [0.717, 1.165) is 72.6 Å². The predicted octanol–water partition coefficient (Wildman–Crippen LogP) is 11.4. The normalized spacial score (nSPS) is 11.1. The molecule has 0 aliphatic heterocycles. The fraction of sp³-hybridized carbons (Fsp3) is 0.0889. The summed E-state index contributed by atoms with van der Waals surface area (Å²) in [5.74, 6) is 1.29. The number of pyridine rings is 2. The number of nitrogens with zero attached hydrogens (tertiary/aromatic N) is 4. The molecule has 0 N–H and O–H groups in total. The quantitative estimate of drug-likeness (QED) is 0.162. The Morgan fingerprint density at radius 1 is 0.686 bits per heavy atom. The summed E-state index contributed by atoms with van der Waals surface area (Å²) in [6.45, 7) is 6.41. The van der Waals surface area contributed by atoms with Crippen LogP contribution in [0.2, 0.25) is 0 Å². The molecule has 0 spiro atoms. The van der Waals surface area contributed by atoms with Crippen LogP contribution < -0.4 is 0 Å². The van der Waals surface area contributed by atoms with Gasteiger partial charge in [-0.3, -0.25) is 4.57 Å². The third-order valence-electron chi connectivity index (χ3n) is 8.87. The van der Waals surface area contributed by atoms with Crippen molar-refractivity contribution in [3.63, 3.8) is 0 Å². The first-order valence-electron chi connectivity index (χ1n) is 16.8. The van der Waals surface area contributed by atoms with Crippen molar-refractivity contribution >= 4 is 33.0 Å². The molecule has 6 heteroatoms. The van der Waals surface area contributed by atoms with Crippen LogP contribution in [-0.2, 0) is 20.1 Å². The molecule has 1 radical (unpaired) electrons. The monoisotopic (exact) mass is 839 g/mol. The minimum absolute atomic E-state index is 0. The van der Waals surface area contributed by atoms with E-state index in [1.807, 2.05) is 80.0 Å². The largest absolute Gasteiger partial charge is 0.498 e. The summed E-state index contributed by atoms with van der Waals surface area (Å²) < 4.78 is 8.85. The molecule has 0 amide bonds. The van der Waals surface area contributed by atoms with Crippen molar-refractivity contribution in [3.8, 4) is 39.6 Å². The molecule has 0 fully saturated rings. The van der Waals surface area contributed by atoms with E-state index in [1.165, 1.54) is 11.1 Å². The maximum Gasteiger partial charge on any atom is 0.148 e. The summed E-state index contributed by atoms with van der Waals surface area (Å²) in [6, 6.07) is 51.6. The Morgan fingerprint density at radius 2 is 1.45 bits per heavy atom. The van der Waals surface area contributed by atoms with Crippen LogP contribution >= 0.6 is 0 Å². The molecule has 9 aromatic rings. The molecular weight excluding hydrogens is 805 g/mol. The van der Waals surface area contributed by atoms with Gasteiger partial charge in [0, 0.05) is 49.1 Å². The van der Waals surface area contributed by atoms with Crippen molar-refractivity contribution in [1.29, 1.82) is 0 Å². The third kappa shape index (κ3) is 6.64. The summed E-state index contributed by atoms with van der Waals surface area (Å²) in [5, 5.41) is 2.08. The zero-order valence-electron chi connectivity index (χ0n) is 28.5. The van der Waals surface area contributed by atoms with E-state index in [0.29, 0.717) is 5.92 Å². The number of para-hydroxylation sites is 1. The van der Waals surface area contributed by atoms with Crippen molar-refractivity contribution < 1.29 is 24.5 Å². The fourth-order valence-corrected chi connectivity index (χ4v) is 6.27. The topological polar surface area (TPSA) is 56.7 Å². The van der Waals surface area contributed by atoms with Crippen LogP contribution in [0.3, 0.4) is 0 Å². The van der Waals surface area contributed by atoms with Gasteiger partial charge < -0.3 is 14.4 Å². The van der Waals surface area contributed by atoms with Crippen LogP contribution in [0.15, 0.2) is 150 Å². The Kier molecular flexibility index (Phi) is 9.72. The second-order valence-corrected chi connectivity index (χ2v) is 12.6. The number of rotatable bonds is 5. The zero-order chi connectivity index (χ0) is 34.0. The molecule has 0 saturated carbocycles. The van der Waals surface area contributed by atoms with Crippen molar-refractivity contribution in [2.75, 3.05) is 0 Å². The van der Waals surface area contributed by atoms with Gasteiger partial charge in [-0.05, 0) is 60.1 Å². The zero-order valence-corrected chi connectivity index (χ0v) is 30.9. The maximum absolute atomic E-state index is 6.64. The molecule has 0 bridgehead atoms. The first-order valence-corrected chi connectivity index (χ1v) is 16.8. The van der Waals surface area contributed by atoms with Gasteiger partial charge in [0.05, 0.1) is 11.1 Å². The van der Waals surface area contributed by atoms with Crippen molar-refractivity contribution in [2.45, 2.75) is 26.7 Å². The second kappa shape index (κ2) is 14.7. The molecule has 251 valence electrons. The number of furan rings is 1. The molecular formula is C45H34IrN4O-2. The van der Waals surface area contributed by atoms with Crippen LogP contribution in [0.25, 0.3) is 72.6 Å². The van der Waals surface area contributed by atoms with Crippen LogP contribution in [0.1, 0.15) is 30.9 Å². The van der Waals surface area contributed by atoms with Gasteiger partial charge in [-0.1, -0.05) is 97.1 Å². The number of imidazole rings is 1. The molecule has 9 rings (SSSR count). The van der Waals surface area contributed by atoms with Crippen LogP contribution in [-0.4, -0.2) is 19.5 Å². The molecule has 5 aromatic carbocycles. The van der Waals surface area contributed by atoms with Gasteiger partial charge in [0.2, 0.25) is 0 Å². The molecule has 51 heavy (non-hydrogen) atoms. The summed E-state index contributed by atoms with van der Waals surface area (Å²) in [7, 11) is 0. The number of hydrogen-bond acceptors (Lipinski definition) is 4. The summed E-state index contributed by atoms with van der Waals surface area (Å²) in [5.41, 5.74) is 11.7. The Balaban J connectivity index is 0.000000245. The van der Waals surface area contributed by atoms with Gasteiger partial charge >= 0.3 is 0 Å². The van der Waals surface area contributed by atoms with Crippen LogP contribution in [0.4, 0.5) is 0 Å². The van der Waals surface area contributed by atoms with Gasteiger partial charge in [0.15, 0.2) is 0 Å². The van der Waals surface area contributed by atoms with E-state index in [9.17, 15) is 0 Å². The number of aromatic nitrogens is 4. The first-order chi connectivity index (χ1) is 24.5. The molecule has 0 atom stereocenters. The molecule has 0 unspecified atom stereocenters. The molecule has 0 saturated heterocycles. The summed E-state index contributed by atoms with van der Waals surface area (Å²) >= 11 is 0. The summed E-state index contributed by atoms with van der Waals surface area (Å²) in [4.78, 5) is 14.1. The first kappa shape index (κ1) is 33.8. The number of hydrogen-bond donors (Lipinski definition) is 0. The van der Waals surface area contributed by atoms with E-state index >= 15 is 0 Å². The third-order valence-corrected chi connectivity index (χ3v) is 8.87. The van der Waals surface area contributed by atoms with Crippen molar-refractivity contribution in [2.24, 2.45) is 0 Å². The second-order valence-electron chi connectivity index (χ2n) is 12.6. The van der Waals surface area contributed by atoms with Gasteiger partial charge in [-0.15, -0.1) is 54.1 Å². The average molecular weight is 839 g/mol. The molecule has 0 aliphatic carbocycles. The number of aryl methyl sites for hydroxylation is 1. The minimum atomic E-state index is 0. The number of fused-ring (bicyclic) bond motifs is 5. The number of benzene rings is 5. The molecule has 0 aliphatic rings. The Bertz CT molecular complexity index is 2560.